The van der Waals surface area contributed by atoms with Crippen molar-refractivity contribution in [1.82, 2.24) is 0 Å². The van der Waals surface area contributed by atoms with Gasteiger partial charge in [-0.05, 0) is 35.7 Å². The predicted molar refractivity (Wildman–Crippen MR) is 76.9 cm³/mol. The van der Waals surface area contributed by atoms with Gasteiger partial charge >= 0.3 is 0 Å². The first-order valence-corrected chi connectivity index (χ1v) is 7.08. The molecule has 1 unspecified atom stereocenters. The average molecular weight is 261 g/mol. The molecule has 18 heavy (non-hydrogen) atoms. The van der Waals surface area contributed by atoms with E-state index < -0.39 is 0 Å². The van der Waals surface area contributed by atoms with Crippen LogP contribution in [0.3, 0.4) is 0 Å². The van der Waals surface area contributed by atoms with Gasteiger partial charge < -0.3 is 10.2 Å². The molecule has 0 radical (unpaired) electrons. The second-order valence-corrected chi connectivity index (χ2v) is 5.86. The number of benzene rings is 1. The van der Waals surface area contributed by atoms with E-state index in [9.17, 15) is 0 Å². The highest BCUT2D eigenvalue weighted by atomic mass is 32.2. The first-order chi connectivity index (χ1) is 8.70. The number of hydrogen-bond acceptors (Lipinski definition) is 3. The van der Waals surface area contributed by atoms with Gasteiger partial charge in [0, 0.05) is 11.4 Å². The van der Waals surface area contributed by atoms with Crippen LogP contribution in [-0.4, -0.2) is 6.54 Å². The molecule has 3 heteroatoms. The highest BCUT2D eigenvalue weighted by Crippen LogP contribution is 2.35. The van der Waals surface area contributed by atoms with Gasteiger partial charge in [-0.25, -0.2) is 0 Å². The summed E-state index contributed by atoms with van der Waals surface area (Å²) < 4.78 is 5.42. The molecule has 2 N–H and O–H groups in total. The molecule has 1 heterocycles. The van der Waals surface area contributed by atoms with Crippen LogP contribution in [-0.2, 0) is 0 Å². The summed E-state index contributed by atoms with van der Waals surface area (Å²) in [6.45, 7) is 4.98. The van der Waals surface area contributed by atoms with Crippen LogP contribution in [0.15, 0.2) is 52.0 Å². The topological polar surface area (TPSA) is 39.2 Å². The van der Waals surface area contributed by atoms with Gasteiger partial charge in [0.25, 0.3) is 0 Å². The number of rotatable bonds is 5. The van der Waals surface area contributed by atoms with Gasteiger partial charge in [0.05, 0.1) is 11.5 Å². The quantitative estimate of drug-likeness (QED) is 0.820. The Balaban J connectivity index is 2.08. The van der Waals surface area contributed by atoms with Gasteiger partial charge in [0.2, 0.25) is 0 Å². The Hall–Kier alpha value is -1.19. The zero-order chi connectivity index (χ0) is 13.0. The summed E-state index contributed by atoms with van der Waals surface area (Å²) in [5, 5.41) is 0.185. The Bertz CT molecular complexity index is 462. The summed E-state index contributed by atoms with van der Waals surface area (Å²) in [7, 11) is 0. The smallest absolute Gasteiger partial charge is 0.118 e. The van der Waals surface area contributed by atoms with Gasteiger partial charge in [0.1, 0.15) is 5.76 Å². The summed E-state index contributed by atoms with van der Waals surface area (Å²) in [6, 6.07) is 12.6. The zero-order valence-electron chi connectivity index (χ0n) is 10.8. The Morgan fingerprint density at radius 1 is 1.17 bits per heavy atom. The molecule has 1 aromatic carbocycles. The number of furan rings is 1. The van der Waals surface area contributed by atoms with Crippen molar-refractivity contribution in [2.45, 2.75) is 29.9 Å². The highest BCUT2D eigenvalue weighted by Gasteiger charge is 2.14. The van der Waals surface area contributed by atoms with Crippen molar-refractivity contribution >= 4 is 11.8 Å². The first-order valence-electron chi connectivity index (χ1n) is 6.20. The van der Waals surface area contributed by atoms with Crippen LogP contribution in [0, 0.1) is 0 Å². The molecule has 0 fully saturated rings. The minimum atomic E-state index is 0.185. The van der Waals surface area contributed by atoms with E-state index in [2.05, 4.69) is 38.1 Å². The highest BCUT2D eigenvalue weighted by molar-refractivity contribution is 7.99. The van der Waals surface area contributed by atoms with Crippen molar-refractivity contribution in [2.75, 3.05) is 6.54 Å². The predicted octanol–water partition coefficient (Wildman–Crippen LogP) is 4.20. The molecule has 2 nitrogen and oxygen atoms in total. The standard InChI is InChI=1S/C15H19NOS/c1-11(2)12-5-7-13(8-6-12)18-15(10-16)14-4-3-9-17-14/h3-9,11,15H,10,16H2,1-2H3. The summed E-state index contributed by atoms with van der Waals surface area (Å²) in [5.74, 6) is 1.51. The Labute approximate surface area is 113 Å². The van der Waals surface area contributed by atoms with E-state index in [1.165, 1.54) is 10.5 Å². The molecule has 1 atom stereocenters. The second kappa shape index (κ2) is 6.12. The molecule has 0 saturated heterocycles. The molecule has 1 aromatic heterocycles. The van der Waals surface area contributed by atoms with E-state index >= 15 is 0 Å². The Morgan fingerprint density at radius 3 is 2.39 bits per heavy atom. The van der Waals surface area contributed by atoms with Crippen molar-refractivity contribution in [3.05, 3.63) is 54.0 Å². The van der Waals surface area contributed by atoms with E-state index in [1.807, 2.05) is 12.1 Å². The third-order valence-corrected chi connectivity index (χ3v) is 4.15. The molecular weight excluding hydrogens is 242 g/mol. The molecule has 0 bridgehead atoms. The van der Waals surface area contributed by atoms with Crippen molar-refractivity contribution in [3.8, 4) is 0 Å². The molecule has 0 aliphatic carbocycles. The summed E-state index contributed by atoms with van der Waals surface area (Å²) in [6.07, 6.45) is 1.69. The fourth-order valence-electron chi connectivity index (χ4n) is 1.79. The zero-order valence-corrected chi connectivity index (χ0v) is 11.6. The Morgan fingerprint density at radius 2 is 1.89 bits per heavy atom. The van der Waals surface area contributed by atoms with E-state index in [4.69, 9.17) is 10.2 Å². The lowest BCUT2D eigenvalue weighted by Crippen LogP contribution is -2.08. The van der Waals surface area contributed by atoms with Crippen molar-refractivity contribution in [3.63, 3.8) is 0 Å². The summed E-state index contributed by atoms with van der Waals surface area (Å²) >= 11 is 1.75. The van der Waals surface area contributed by atoms with Gasteiger partial charge in [-0.1, -0.05) is 26.0 Å². The SMILES string of the molecule is CC(C)c1ccc(SC(CN)c2ccco2)cc1. The molecule has 2 aromatic rings. The maximum Gasteiger partial charge on any atom is 0.118 e. The van der Waals surface area contributed by atoms with Crippen LogP contribution in [0.5, 0.6) is 0 Å². The fourth-order valence-corrected chi connectivity index (χ4v) is 2.76. The molecule has 0 aliphatic rings. The minimum absolute atomic E-state index is 0.185. The van der Waals surface area contributed by atoms with Crippen LogP contribution in [0.2, 0.25) is 0 Å². The lowest BCUT2D eigenvalue weighted by Gasteiger charge is -2.12. The van der Waals surface area contributed by atoms with Gasteiger partial charge in [-0.3, -0.25) is 0 Å². The van der Waals surface area contributed by atoms with Crippen molar-refractivity contribution in [1.29, 1.82) is 0 Å². The first kappa shape index (κ1) is 13.2. The lowest BCUT2D eigenvalue weighted by molar-refractivity contribution is 0.507. The Kier molecular flexibility index (Phi) is 4.50. The van der Waals surface area contributed by atoms with E-state index in [1.54, 1.807) is 18.0 Å². The lowest BCUT2D eigenvalue weighted by atomic mass is 10.0. The van der Waals surface area contributed by atoms with Gasteiger partial charge in [-0.15, -0.1) is 11.8 Å². The minimum Gasteiger partial charge on any atom is -0.468 e. The van der Waals surface area contributed by atoms with E-state index in [0.717, 1.165) is 5.76 Å². The second-order valence-electron chi connectivity index (χ2n) is 4.58. The normalized spacial score (nSPS) is 12.9. The number of thioether (sulfide) groups is 1. The fraction of sp³-hybridized carbons (Fsp3) is 0.333. The number of hydrogen-bond donors (Lipinski definition) is 1. The van der Waals surface area contributed by atoms with Gasteiger partial charge in [0.15, 0.2) is 0 Å². The summed E-state index contributed by atoms with van der Waals surface area (Å²) in [5.41, 5.74) is 7.17. The molecule has 96 valence electrons. The molecule has 0 saturated carbocycles. The van der Waals surface area contributed by atoms with Crippen LogP contribution < -0.4 is 5.73 Å². The van der Waals surface area contributed by atoms with Crippen LogP contribution in [0.1, 0.15) is 36.3 Å². The van der Waals surface area contributed by atoms with Crippen molar-refractivity contribution in [2.24, 2.45) is 5.73 Å². The maximum absolute atomic E-state index is 5.81. The van der Waals surface area contributed by atoms with E-state index in [-0.39, 0.29) is 5.25 Å². The molecule has 0 spiro atoms. The third-order valence-electron chi connectivity index (χ3n) is 2.90. The van der Waals surface area contributed by atoms with Gasteiger partial charge in [-0.2, -0.15) is 0 Å². The summed E-state index contributed by atoms with van der Waals surface area (Å²) in [4.78, 5) is 1.23. The van der Waals surface area contributed by atoms with Crippen LogP contribution in [0.4, 0.5) is 0 Å². The molecule has 2 rings (SSSR count). The molecule has 0 aliphatic heterocycles. The monoisotopic (exact) mass is 261 g/mol. The average Bonchev–Trinajstić information content (AvgIpc) is 2.90. The van der Waals surface area contributed by atoms with Crippen LogP contribution >= 0.6 is 11.8 Å². The third kappa shape index (κ3) is 3.18. The maximum atomic E-state index is 5.81. The number of nitrogens with two attached hydrogens (primary N) is 1. The van der Waals surface area contributed by atoms with E-state index in [0.29, 0.717) is 12.5 Å². The van der Waals surface area contributed by atoms with Crippen molar-refractivity contribution < 1.29 is 4.42 Å². The largest absolute Gasteiger partial charge is 0.468 e. The molecular formula is C15H19NOS. The van der Waals surface area contributed by atoms with Crippen LogP contribution in [0.25, 0.3) is 0 Å². The molecule has 0 amide bonds.